The van der Waals surface area contributed by atoms with Crippen LogP contribution in [0.15, 0.2) is 34.9 Å². The number of carbonyl (C=O) groups excluding carboxylic acids is 1. The number of carboxylic acid groups (broad SMARTS) is 1. The number of β-lactam (4-membered cyclic amide) rings is 1. The predicted molar refractivity (Wildman–Crippen MR) is 123 cm³/mol. The van der Waals surface area contributed by atoms with Gasteiger partial charge in [-0.25, -0.2) is 4.79 Å². The highest BCUT2D eigenvalue weighted by Gasteiger charge is 2.60. The van der Waals surface area contributed by atoms with Crippen LogP contribution in [0.2, 0.25) is 0 Å². The van der Waals surface area contributed by atoms with E-state index in [9.17, 15) is 19.8 Å². The molecule has 9 heteroatoms. The summed E-state index contributed by atoms with van der Waals surface area (Å²) in [6.45, 7) is 5.20. The summed E-state index contributed by atoms with van der Waals surface area (Å²) < 4.78 is 0. The van der Waals surface area contributed by atoms with E-state index in [0.29, 0.717) is 0 Å². The molecule has 170 valence electrons. The number of nitrogens with one attached hydrogen (secondary N) is 2. The molecule has 0 aromatic heterocycles. The molecule has 2 fully saturated rings. The Bertz CT molecular complexity index is 876. The van der Waals surface area contributed by atoms with Crippen LogP contribution in [0.25, 0.3) is 0 Å². The third-order valence-corrected chi connectivity index (χ3v) is 7.97. The van der Waals surface area contributed by atoms with Crippen LogP contribution in [-0.2, 0) is 16.1 Å². The van der Waals surface area contributed by atoms with E-state index >= 15 is 0 Å². The van der Waals surface area contributed by atoms with Gasteiger partial charge in [0.1, 0.15) is 5.70 Å². The molecule has 0 bridgehead atoms. The molecule has 1 aromatic carbocycles. The number of rotatable bonds is 7. The highest BCUT2D eigenvalue weighted by molar-refractivity contribution is 8.03. The Labute approximate surface area is 193 Å². The van der Waals surface area contributed by atoms with Crippen LogP contribution in [0.4, 0.5) is 0 Å². The summed E-state index contributed by atoms with van der Waals surface area (Å²) in [6.07, 6.45) is 0.126. The van der Waals surface area contributed by atoms with Gasteiger partial charge in [0.15, 0.2) is 0 Å². The Morgan fingerprint density at radius 3 is 2.61 bits per heavy atom. The number of hydrogen-bond donors (Lipinski definition) is 4. The Morgan fingerprint density at radius 1 is 1.35 bits per heavy atom. The zero-order valence-electron chi connectivity index (χ0n) is 17.9. The lowest BCUT2D eigenvalue weighted by Crippen LogP contribution is -2.63. The standard InChI is InChI=1S/C22H29N3O4S.ClH/c1-11-18-17(12(2)26)21(27)25(18)19(22(28)29)20(11)30-15-8-16(24-10-15)14-6-4-13(5-7-14)9-23-3;/h4-7,11-12,15-18,23-24,26H,8-10H2,1-3H3,(H,28,29);1H/t11-,12-,15+,16-,17?,18-;/m1./s1. The van der Waals surface area contributed by atoms with E-state index < -0.39 is 18.0 Å². The van der Waals surface area contributed by atoms with E-state index in [1.165, 1.54) is 16.0 Å². The van der Waals surface area contributed by atoms with Gasteiger partial charge in [-0.05, 0) is 31.5 Å². The largest absolute Gasteiger partial charge is 0.477 e. The number of amides is 1. The second-order valence-electron chi connectivity index (χ2n) is 8.48. The Kier molecular flexibility index (Phi) is 7.38. The average molecular weight is 468 g/mol. The van der Waals surface area contributed by atoms with E-state index in [1.54, 1.807) is 18.7 Å². The van der Waals surface area contributed by atoms with Crippen molar-refractivity contribution >= 4 is 36.0 Å². The fourth-order valence-corrected chi connectivity index (χ4v) is 6.46. The number of aliphatic hydroxyl groups excluding tert-OH is 1. The maximum absolute atomic E-state index is 12.5. The number of fused-ring (bicyclic) bond motifs is 1. The first-order chi connectivity index (χ1) is 14.3. The molecule has 7 nitrogen and oxygen atoms in total. The van der Waals surface area contributed by atoms with Crippen LogP contribution < -0.4 is 10.6 Å². The molecule has 3 aliphatic rings. The van der Waals surface area contributed by atoms with Gasteiger partial charge >= 0.3 is 5.97 Å². The average Bonchev–Trinajstić information content (AvgIpc) is 3.25. The lowest BCUT2D eigenvalue weighted by molar-refractivity contribution is -0.163. The molecule has 1 unspecified atom stereocenters. The predicted octanol–water partition coefficient (Wildman–Crippen LogP) is 2.12. The fourth-order valence-electron chi connectivity index (χ4n) is 4.98. The first-order valence-electron chi connectivity index (χ1n) is 10.5. The molecule has 2 saturated heterocycles. The normalized spacial score (nSPS) is 30.6. The Hall–Kier alpha value is -1.58. The van der Waals surface area contributed by atoms with Crippen molar-refractivity contribution in [1.82, 2.24) is 15.5 Å². The molecule has 1 amide bonds. The SMILES string of the molecule is CNCc1ccc([C@H]2C[C@H](SC3=C(C(=O)O)N4C(=O)C([C@@H](C)O)[C@H]4[C@H]3C)CN2)cc1.Cl. The summed E-state index contributed by atoms with van der Waals surface area (Å²) in [7, 11) is 1.93. The van der Waals surface area contributed by atoms with Crippen LogP contribution in [-0.4, -0.2) is 58.0 Å². The number of carboxylic acids is 1. The molecular formula is C22H30ClN3O4S. The number of carbonyl (C=O) groups is 2. The van der Waals surface area contributed by atoms with Gasteiger partial charge in [0.05, 0.1) is 18.1 Å². The summed E-state index contributed by atoms with van der Waals surface area (Å²) in [5.74, 6) is -1.94. The van der Waals surface area contributed by atoms with Crippen molar-refractivity contribution in [2.75, 3.05) is 13.6 Å². The quantitative estimate of drug-likeness (QED) is 0.455. The van der Waals surface area contributed by atoms with Crippen LogP contribution in [0, 0.1) is 11.8 Å². The molecule has 4 N–H and O–H groups in total. The minimum Gasteiger partial charge on any atom is -0.477 e. The molecule has 0 saturated carbocycles. The van der Waals surface area contributed by atoms with E-state index in [0.717, 1.165) is 24.4 Å². The maximum atomic E-state index is 12.5. The number of aliphatic hydroxyl groups is 1. The molecule has 4 rings (SSSR count). The monoisotopic (exact) mass is 467 g/mol. The smallest absolute Gasteiger partial charge is 0.353 e. The van der Waals surface area contributed by atoms with Crippen molar-refractivity contribution < 1.29 is 19.8 Å². The second-order valence-corrected chi connectivity index (χ2v) is 9.82. The molecule has 31 heavy (non-hydrogen) atoms. The number of benzene rings is 1. The topological polar surface area (TPSA) is 102 Å². The van der Waals surface area contributed by atoms with Gasteiger partial charge in [-0.15, -0.1) is 24.2 Å². The number of halogens is 1. The lowest BCUT2D eigenvalue weighted by atomic mass is 9.79. The minimum absolute atomic E-state index is 0. The highest BCUT2D eigenvalue weighted by Crippen LogP contribution is 2.52. The van der Waals surface area contributed by atoms with Crippen molar-refractivity contribution in [2.45, 2.75) is 50.3 Å². The molecule has 0 aliphatic carbocycles. The van der Waals surface area contributed by atoms with E-state index in [-0.39, 0.29) is 47.3 Å². The van der Waals surface area contributed by atoms with Gasteiger partial charge < -0.3 is 25.7 Å². The summed E-state index contributed by atoms with van der Waals surface area (Å²) in [6, 6.07) is 8.54. The second kappa shape index (κ2) is 9.50. The van der Waals surface area contributed by atoms with Crippen molar-refractivity contribution in [3.8, 4) is 0 Å². The van der Waals surface area contributed by atoms with Crippen molar-refractivity contribution in [3.05, 3.63) is 46.0 Å². The molecule has 0 radical (unpaired) electrons. The third-order valence-electron chi connectivity index (χ3n) is 6.46. The first kappa shape index (κ1) is 24.1. The van der Waals surface area contributed by atoms with Crippen LogP contribution in [0.3, 0.4) is 0 Å². The van der Waals surface area contributed by atoms with Crippen molar-refractivity contribution in [3.63, 3.8) is 0 Å². The zero-order valence-corrected chi connectivity index (χ0v) is 19.5. The molecule has 0 spiro atoms. The van der Waals surface area contributed by atoms with Gasteiger partial charge in [0, 0.05) is 35.2 Å². The van der Waals surface area contributed by atoms with E-state index in [2.05, 4.69) is 34.9 Å². The molecule has 1 aromatic rings. The highest BCUT2D eigenvalue weighted by atomic mass is 35.5. The summed E-state index contributed by atoms with van der Waals surface area (Å²) in [5.41, 5.74) is 2.58. The van der Waals surface area contributed by atoms with Crippen LogP contribution in [0.5, 0.6) is 0 Å². The van der Waals surface area contributed by atoms with Crippen molar-refractivity contribution in [1.29, 1.82) is 0 Å². The van der Waals surface area contributed by atoms with Gasteiger partial charge in [0.2, 0.25) is 5.91 Å². The summed E-state index contributed by atoms with van der Waals surface area (Å²) >= 11 is 1.58. The lowest BCUT2D eigenvalue weighted by Gasteiger charge is -2.46. The Morgan fingerprint density at radius 2 is 2.03 bits per heavy atom. The van der Waals surface area contributed by atoms with Gasteiger partial charge in [-0.3, -0.25) is 4.79 Å². The zero-order chi connectivity index (χ0) is 21.6. The summed E-state index contributed by atoms with van der Waals surface area (Å²) in [5, 5.41) is 26.7. The third kappa shape index (κ3) is 4.24. The van der Waals surface area contributed by atoms with Gasteiger partial charge in [-0.2, -0.15) is 0 Å². The number of hydrogen-bond acceptors (Lipinski definition) is 6. The van der Waals surface area contributed by atoms with Crippen LogP contribution in [0.1, 0.15) is 37.4 Å². The molecule has 3 aliphatic heterocycles. The first-order valence-corrected chi connectivity index (χ1v) is 11.3. The molecule has 3 heterocycles. The van der Waals surface area contributed by atoms with E-state index in [4.69, 9.17) is 0 Å². The molecule has 6 atom stereocenters. The van der Waals surface area contributed by atoms with Gasteiger partial charge in [-0.1, -0.05) is 31.2 Å². The minimum atomic E-state index is -1.06. The van der Waals surface area contributed by atoms with Gasteiger partial charge in [0.25, 0.3) is 0 Å². The number of thioether (sulfide) groups is 1. The number of nitrogens with zero attached hydrogens (tertiary/aromatic N) is 1. The summed E-state index contributed by atoms with van der Waals surface area (Å²) in [4.78, 5) is 26.6. The number of aliphatic carboxylic acids is 1. The Balaban J connectivity index is 0.00000272. The fraction of sp³-hybridized carbons (Fsp3) is 0.545. The molecular weight excluding hydrogens is 438 g/mol. The van der Waals surface area contributed by atoms with Crippen LogP contribution >= 0.6 is 24.2 Å². The van der Waals surface area contributed by atoms with E-state index in [1.807, 2.05) is 14.0 Å². The maximum Gasteiger partial charge on any atom is 0.353 e. The van der Waals surface area contributed by atoms with Crippen molar-refractivity contribution in [2.24, 2.45) is 11.8 Å².